The molecule has 0 aliphatic heterocycles. The fourth-order valence-corrected chi connectivity index (χ4v) is 2.87. The lowest BCUT2D eigenvalue weighted by Gasteiger charge is -2.07. The van der Waals surface area contributed by atoms with Gasteiger partial charge in [0.15, 0.2) is 0 Å². The Bertz CT molecular complexity index is 828. The number of carbonyl (C=O) groups excluding carboxylic acids is 1. The molecule has 0 heterocycles. The Labute approximate surface area is 139 Å². The first kappa shape index (κ1) is 14.3. The number of carbonyl (C=O) groups is 1. The van der Waals surface area contributed by atoms with Crippen LogP contribution in [0.3, 0.4) is 0 Å². The Morgan fingerprint density at radius 3 is 2.38 bits per heavy atom. The van der Waals surface area contributed by atoms with Crippen LogP contribution in [-0.4, -0.2) is 5.97 Å². The van der Waals surface area contributed by atoms with E-state index < -0.39 is 0 Å². The summed E-state index contributed by atoms with van der Waals surface area (Å²) in [5.41, 5.74) is 0.508. The summed E-state index contributed by atoms with van der Waals surface area (Å²) in [5.74, 6) is 0.157. The number of esters is 1. The maximum Gasteiger partial charge on any atom is 0.344 e. The fourth-order valence-electron chi connectivity index (χ4n) is 2.05. The fraction of sp³-hybridized carbons (Fsp3) is 0. The first-order valence-corrected chi connectivity index (χ1v) is 7.88. The third-order valence-corrected chi connectivity index (χ3v) is 4.26. The van der Waals surface area contributed by atoms with E-state index in [-0.39, 0.29) is 5.97 Å². The molecule has 3 aromatic carbocycles. The van der Waals surface area contributed by atoms with Crippen molar-refractivity contribution in [2.45, 2.75) is 0 Å². The lowest BCUT2D eigenvalue weighted by molar-refractivity contribution is 0.0734. The molecule has 104 valence electrons. The molecule has 0 amide bonds. The first-order valence-electron chi connectivity index (χ1n) is 6.29. The Morgan fingerprint density at radius 1 is 0.857 bits per heavy atom. The average molecular weight is 406 g/mol. The van der Waals surface area contributed by atoms with Crippen molar-refractivity contribution in [3.63, 3.8) is 0 Å². The molecule has 4 heteroatoms. The summed E-state index contributed by atoms with van der Waals surface area (Å²) in [6, 6.07) is 18.8. The van der Waals surface area contributed by atoms with Crippen molar-refractivity contribution in [2.24, 2.45) is 0 Å². The standard InChI is InChI=1S/C17H10Br2O2/c18-13-7-5-12-10-14(8-6-11(12)9-13)21-17(20)15-3-1-2-4-16(15)19/h1-10H. The van der Waals surface area contributed by atoms with Crippen LogP contribution in [0.2, 0.25) is 0 Å². The maximum absolute atomic E-state index is 12.2. The summed E-state index contributed by atoms with van der Waals surface area (Å²) >= 11 is 6.79. The van der Waals surface area contributed by atoms with Crippen LogP contribution in [0.4, 0.5) is 0 Å². The molecule has 0 aliphatic rings. The summed E-state index contributed by atoms with van der Waals surface area (Å²) in [5, 5.41) is 2.11. The maximum atomic E-state index is 12.2. The SMILES string of the molecule is O=C(Oc1ccc2cc(Br)ccc2c1)c1ccccc1Br. The smallest absolute Gasteiger partial charge is 0.344 e. The van der Waals surface area contributed by atoms with Crippen LogP contribution in [0.1, 0.15) is 10.4 Å². The van der Waals surface area contributed by atoms with E-state index in [4.69, 9.17) is 4.74 Å². The minimum absolute atomic E-state index is 0.376. The van der Waals surface area contributed by atoms with Crippen LogP contribution in [0.15, 0.2) is 69.6 Å². The van der Waals surface area contributed by atoms with Crippen LogP contribution in [0.25, 0.3) is 10.8 Å². The molecule has 0 atom stereocenters. The van der Waals surface area contributed by atoms with Crippen LogP contribution in [-0.2, 0) is 0 Å². The molecule has 0 radical (unpaired) electrons. The number of ether oxygens (including phenoxy) is 1. The van der Waals surface area contributed by atoms with Crippen LogP contribution < -0.4 is 4.74 Å². The molecule has 2 nitrogen and oxygen atoms in total. The van der Waals surface area contributed by atoms with Crippen LogP contribution in [0.5, 0.6) is 5.75 Å². The predicted octanol–water partition coefficient (Wildman–Crippen LogP) is 5.58. The molecule has 0 bridgehead atoms. The highest BCUT2D eigenvalue weighted by atomic mass is 79.9. The molecule has 0 N–H and O–H groups in total. The van der Waals surface area contributed by atoms with E-state index in [0.29, 0.717) is 11.3 Å². The molecule has 21 heavy (non-hydrogen) atoms. The predicted molar refractivity (Wildman–Crippen MR) is 90.7 cm³/mol. The Morgan fingerprint density at radius 2 is 1.57 bits per heavy atom. The van der Waals surface area contributed by atoms with Crippen LogP contribution >= 0.6 is 31.9 Å². The quantitative estimate of drug-likeness (QED) is 0.410. The van der Waals surface area contributed by atoms with Gasteiger partial charge in [0.25, 0.3) is 0 Å². The number of rotatable bonds is 2. The minimum atomic E-state index is -0.376. The Hall–Kier alpha value is -1.65. The van der Waals surface area contributed by atoms with E-state index >= 15 is 0 Å². The van der Waals surface area contributed by atoms with Crippen molar-refractivity contribution in [1.29, 1.82) is 0 Å². The monoisotopic (exact) mass is 404 g/mol. The van der Waals surface area contributed by atoms with Gasteiger partial charge in [-0.05, 0) is 63.1 Å². The molecule has 0 aromatic heterocycles. The topological polar surface area (TPSA) is 26.3 Å². The normalized spacial score (nSPS) is 10.6. The Balaban J connectivity index is 1.90. The van der Waals surface area contributed by atoms with Crippen molar-refractivity contribution in [3.8, 4) is 5.75 Å². The first-order chi connectivity index (χ1) is 10.1. The van der Waals surface area contributed by atoms with Crippen molar-refractivity contribution < 1.29 is 9.53 Å². The van der Waals surface area contributed by atoms with Crippen molar-refractivity contribution >= 4 is 48.6 Å². The van der Waals surface area contributed by atoms with E-state index in [9.17, 15) is 4.79 Å². The molecule has 0 aliphatic carbocycles. The largest absolute Gasteiger partial charge is 0.423 e. The third kappa shape index (κ3) is 3.17. The number of hydrogen-bond acceptors (Lipinski definition) is 2. The molecule has 0 fully saturated rings. The molecule has 0 unspecified atom stereocenters. The van der Waals surface area contributed by atoms with Gasteiger partial charge < -0.3 is 4.74 Å². The van der Waals surface area contributed by atoms with Crippen molar-refractivity contribution in [3.05, 3.63) is 75.2 Å². The van der Waals surface area contributed by atoms with Gasteiger partial charge in [0.2, 0.25) is 0 Å². The van der Waals surface area contributed by atoms with Gasteiger partial charge in [0.05, 0.1) is 5.56 Å². The second-order valence-electron chi connectivity index (χ2n) is 4.52. The number of halogens is 2. The second-order valence-corrected chi connectivity index (χ2v) is 6.29. The van der Waals surface area contributed by atoms with Gasteiger partial charge in [-0.3, -0.25) is 0 Å². The highest BCUT2D eigenvalue weighted by Crippen LogP contribution is 2.25. The minimum Gasteiger partial charge on any atom is -0.423 e. The molecule has 0 saturated carbocycles. The van der Waals surface area contributed by atoms with E-state index in [2.05, 4.69) is 31.9 Å². The second kappa shape index (κ2) is 6.00. The number of fused-ring (bicyclic) bond motifs is 1. The van der Waals surface area contributed by atoms with Gasteiger partial charge in [0.1, 0.15) is 5.75 Å². The summed E-state index contributed by atoms with van der Waals surface area (Å²) in [6.07, 6.45) is 0. The van der Waals surface area contributed by atoms with Crippen molar-refractivity contribution in [1.82, 2.24) is 0 Å². The van der Waals surface area contributed by atoms with Gasteiger partial charge in [-0.25, -0.2) is 4.79 Å². The summed E-state index contributed by atoms with van der Waals surface area (Å²) in [6.45, 7) is 0. The number of benzene rings is 3. The highest BCUT2D eigenvalue weighted by Gasteiger charge is 2.12. The lowest BCUT2D eigenvalue weighted by Crippen LogP contribution is -2.09. The average Bonchev–Trinajstić information content (AvgIpc) is 2.48. The zero-order valence-electron chi connectivity index (χ0n) is 10.8. The molecular weight excluding hydrogens is 396 g/mol. The van der Waals surface area contributed by atoms with Crippen LogP contribution in [0, 0.1) is 0 Å². The lowest BCUT2D eigenvalue weighted by atomic mass is 10.1. The summed E-state index contributed by atoms with van der Waals surface area (Å²) < 4.78 is 7.18. The summed E-state index contributed by atoms with van der Waals surface area (Å²) in [4.78, 5) is 12.2. The van der Waals surface area contributed by atoms with Gasteiger partial charge >= 0.3 is 5.97 Å². The van der Waals surface area contributed by atoms with E-state index in [1.54, 1.807) is 18.2 Å². The highest BCUT2D eigenvalue weighted by molar-refractivity contribution is 9.10. The zero-order valence-corrected chi connectivity index (χ0v) is 14.0. The van der Waals surface area contributed by atoms with Gasteiger partial charge in [-0.15, -0.1) is 0 Å². The van der Waals surface area contributed by atoms with Gasteiger partial charge in [-0.1, -0.05) is 40.2 Å². The molecule has 0 saturated heterocycles. The van der Waals surface area contributed by atoms with Gasteiger partial charge in [-0.2, -0.15) is 0 Å². The van der Waals surface area contributed by atoms with E-state index in [0.717, 1.165) is 19.7 Å². The molecule has 3 rings (SSSR count). The third-order valence-electron chi connectivity index (χ3n) is 3.08. The van der Waals surface area contributed by atoms with Gasteiger partial charge in [0, 0.05) is 8.95 Å². The molecule has 0 spiro atoms. The zero-order chi connectivity index (χ0) is 14.8. The van der Waals surface area contributed by atoms with Crippen molar-refractivity contribution in [2.75, 3.05) is 0 Å². The summed E-state index contributed by atoms with van der Waals surface area (Å²) in [7, 11) is 0. The molecular formula is C17H10Br2O2. The Kier molecular flexibility index (Phi) is 4.08. The molecule has 3 aromatic rings. The van der Waals surface area contributed by atoms with E-state index in [1.165, 1.54) is 0 Å². The number of hydrogen-bond donors (Lipinski definition) is 0. The van der Waals surface area contributed by atoms with E-state index in [1.807, 2.05) is 42.5 Å².